The fraction of sp³-hybridized carbons (Fsp3) is 0.0769. The number of hydrogen-bond acceptors (Lipinski definition) is 3. The molecule has 0 aromatic heterocycles. The van der Waals surface area contributed by atoms with Crippen LogP contribution < -0.4 is 9.88 Å². The van der Waals surface area contributed by atoms with Crippen LogP contribution in [0.25, 0.3) is 0 Å². The molecule has 106 valence electrons. The molecule has 4 nitrogen and oxygen atoms in total. The van der Waals surface area contributed by atoms with Crippen LogP contribution in [-0.4, -0.2) is 8.42 Å². The van der Waals surface area contributed by atoms with Crippen molar-refractivity contribution in [2.45, 2.75) is 11.5 Å². The van der Waals surface area contributed by atoms with Crippen LogP contribution in [0, 0.1) is 5.82 Å². The minimum absolute atomic E-state index is 0.0248. The van der Waals surface area contributed by atoms with Crippen molar-refractivity contribution < 1.29 is 17.5 Å². The summed E-state index contributed by atoms with van der Waals surface area (Å²) >= 11 is 3.31. The molecule has 20 heavy (non-hydrogen) atoms. The molecule has 0 heterocycles. The van der Waals surface area contributed by atoms with E-state index in [1.807, 2.05) is 24.3 Å². The van der Waals surface area contributed by atoms with Gasteiger partial charge in [-0.05, 0) is 35.9 Å². The Morgan fingerprint density at radius 2 is 1.80 bits per heavy atom. The maximum Gasteiger partial charge on any atom is 0.241 e. The molecule has 0 radical (unpaired) electrons. The molecule has 0 bridgehead atoms. The topological polar surface area (TPSA) is 69.4 Å². The molecule has 0 amide bonds. The average molecular weight is 360 g/mol. The SMILES string of the molecule is NS(=O)(=O)c1cc(F)ccc1OCc1ccc(Br)cc1. The summed E-state index contributed by atoms with van der Waals surface area (Å²) < 4.78 is 42.2. The molecule has 0 aliphatic heterocycles. The lowest BCUT2D eigenvalue weighted by Crippen LogP contribution is -2.14. The third kappa shape index (κ3) is 3.78. The highest BCUT2D eigenvalue weighted by Gasteiger charge is 2.16. The second kappa shape index (κ2) is 5.90. The minimum Gasteiger partial charge on any atom is -0.487 e. The zero-order valence-electron chi connectivity index (χ0n) is 10.2. The molecule has 2 aromatic carbocycles. The summed E-state index contributed by atoms with van der Waals surface area (Å²) in [5.74, 6) is -0.665. The van der Waals surface area contributed by atoms with Crippen molar-refractivity contribution in [3.63, 3.8) is 0 Å². The Balaban J connectivity index is 2.23. The predicted molar refractivity (Wildman–Crippen MR) is 76.2 cm³/mol. The van der Waals surface area contributed by atoms with E-state index in [1.165, 1.54) is 6.07 Å². The Bertz CT molecular complexity index is 717. The number of ether oxygens (including phenoxy) is 1. The van der Waals surface area contributed by atoms with Crippen LogP contribution in [0.4, 0.5) is 4.39 Å². The van der Waals surface area contributed by atoms with Crippen LogP contribution in [0.15, 0.2) is 51.8 Å². The van der Waals surface area contributed by atoms with E-state index >= 15 is 0 Å². The van der Waals surface area contributed by atoms with Crippen LogP contribution >= 0.6 is 15.9 Å². The largest absolute Gasteiger partial charge is 0.487 e. The van der Waals surface area contributed by atoms with Crippen molar-refractivity contribution in [1.82, 2.24) is 0 Å². The zero-order valence-corrected chi connectivity index (χ0v) is 12.6. The van der Waals surface area contributed by atoms with E-state index < -0.39 is 15.8 Å². The highest BCUT2D eigenvalue weighted by Crippen LogP contribution is 2.24. The summed E-state index contributed by atoms with van der Waals surface area (Å²) in [6.07, 6.45) is 0. The van der Waals surface area contributed by atoms with E-state index in [1.54, 1.807) is 0 Å². The molecule has 0 saturated heterocycles. The Morgan fingerprint density at radius 1 is 1.15 bits per heavy atom. The van der Waals surface area contributed by atoms with Gasteiger partial charge in [-0.2, -0.15) is 0 Å². The normalized spacial score (nSPS) is 11.3. The summed E-state index contributed by atoms with van der Waals surface area (Å²) in [6, 6.07) is 10.5. The summed E-state index contributed by atoms with van der Waals surface area (Å²) in [4.78, 5) is -0.366. The van der Waals surface area contributed by atoms with E-state index in [0.717, 1.165) is 22.2 Å². The smallest absolute Gasteiger partial charge is 0.241 e. The van der Waals surface area contributed by atoms with Gasteiger partial charge in [0.05, 0.1) is 0 Å². The molecule has 2 aromatic rings. The van der Waals surface area contributed by atoms with Crippen LogP contribution in [0.5, 0.6) is 5.75 Å². The van der Waals surface area contributed by atoms with Crippen molar-refractivity contribution in [2.75, 3.05) is 0 Å². The third-order valence-corrected chi connectivity index (χ3v) is 3.98. The van der Waals surface area contributed by atoms with Gasteiger partial charge in [-0.1, -0.05) is 28.1 Å². The Labute approximate surface area is 124 Å². The molecule has 0 unspecified atom stereocenters. The first-order chi connectivity index (χ1) is 9.36. The van der Waals surface area contributed by atoms with Crippen LogP contribution in [0.1, 0.15) is 5.56 Å². The van der Waals surface area contributed by atoms with E-state index in [0.29, 0.717) is 0 Å². The second-order valence-corrected chi connectivity index (χ2v) is 6.50. The molecule has 0 aliphatic rings. The van der Waals surface area contributed by atoms with E-state index in [9.17, 15) is 12.8 Å². The monoisotopic (exact) mass is 359 g/mol. The number of benzene rings is 2. The zero-order chi connectivity index (χ0) is 14.8. The van der Waals surface area contributed by atoms with Gasteiger partial charge in [-0.25, -0.2) is 17.9 Å². The molecule has 0 saturated carbocycles. The molecular formula is C13H11BrFNO3S. The van der Waals surface area contributed by atoms with Gasteiger partial charge in [0.2, 0.25) is 10.0 Å². The Hall–Kier alpha value is -1.44. The van der Waals surface area contributed by atoms with Crippen molar-refractivity contribution in [1.29, 1.82) is 0 Å². The van der Waals surface area contributed by atoms with E-state index in [2.05, 4.69) is 15.9 Å². The number of primary sulfonamides is 1. The standard InChI is InChI=1S/C13H11BrFNO3S/c14-10-3-1-9(2-4-10)8-19-12-6-5-11(15)7-13(12)20(16,17)18/h1-7H,8H2,(H2,16,17,18). The van der Waals surface area contributed by atoms with Gasteiger partial charge in [0, 0.05) is 4.47 Å². The van der Waals surface area contributed by atoms with Crippen LogP contribution in [-0.2, 0) is 16.6 Å². The van der Waals surface area contributed by atoms with Gasteiger partial charge in [0.25, 0.3) is 0 Å². The van der Waals surface area contributed by atoms with E-state index in [4.69, 9.17) is 9.88 Å². The van der Waals surface area contributed by atoms with Crippen LogP contribution in [0.3, 0.4) is 0 Å². The fourth-order valence-electron chi connectivity index (χ4n) is 1.57. The van der Waals surface area contributed by atoms with Crippen molar-refractivity contribution in [3.8, 4) is 5.75 Å². The third-order valence-electron chi connectivity index (χ3n) is 2.52. The molecule has 2 N–H and O–H groups in total. The maximum absolute atomic E-state index is 13.1. The van der Waals surface area contributed by atoms with Gasteiger partial charge in [0.15, 0.2) is 0 Å². The fourth-order valence-corrected chi connectivity index (χ4v) is 2.51. The quantitative estimate of drug-likeness (QED) is 0.912. The summed E-state index contributed by atoms with van der Waals surface area (Å²) in [7, 11) is -4.04. The van der Waals surface area contributed by atoms with Crippen molar-refractivity contribution >= 4 is 26.0 Å². The Kier molecular flexibility index (Phi) is 4.42. The Morgan fingerprint density at radius 3 is 2.40 bits per heavy atom. The van der Waals surface area contributed by atoms with Gasteiger partial charge in [-0.3, -0.25) is 0 Å². The first-order valence-electron chi connectivity index (χ1n) is 5.56. The first kappa shape index (κ1) is 15.0. The number of rotatable bonds is 4. The molecule has 7 heteroatoms. The molecule has 0 atom stereocenters. The second-order valence-electron chi connectivity index (χ2n) is 4.05. The lowest BCUT2D eigenvalue weighted by molar-refractivity contribution is 0.297. The molecule has 0 spiro atoms. The molecule has 0 fully saturated rings. The lowest BCUT2D eigenvalue weighted by Gasteiger charge is -2.10. The number of halogens is 2. The summed E-state index contributed by atoms with van der Waals surface area (Å²) in [5, 5.41) is 5.03. The number of nitrogens with two attached hydrogens (primary N) is 1. The maximum atomic E-state index is 13.1. The van der Waals surface area contributed by atoms with Gasteiger partial charge in [-0.15, -0.1) is 0 Å². The van der Waals surface area contributed by atoms with Crippen molar-refractivity contribution in [3.05, 3.63) is 58.3 Å². The van der Waals surface area contributed by atoms with Crippen LogP contribution in [0.2, 0.25) is 0 Å². The number of sulfonamides is 1. The highest BCUT2D eigenvalue weighted by molar-refractivity contribution is 9.10. The van der Waals surface area contributed by atoms with E-state index in [-0.39, 0.29) is 17.3 Å². The average Bonchev–Trinajstić information content (AvgIpc) is 2.38. The van der Waals surface area contributed by atoms with Gasteiger partial charge < -0.3 is 4.74 Å². The minimum atomic E-state index is -4.04. The van der Waals surface area contributed by atoms with Gasteiger partial charge >= 0.3 is 0 Å². The van der Waals surface area contributed by atoms with Crippen molar-refractivity contribution in [2.24, 2.45) is 5.14 Å². The predicted octanol–water partition coefficient (Wildman–Crippen LogP) is 2.81. The summed E-state index contributed by atoms with van der Waals surface area (Å²) in [5.41, 5.74) is 0.845. The lowest BCUT2D eigenvalue weighted by atomic mass is 10.2. The molecule has 0 aliphatic carbocycles. The van der Waals surface area contributed by atoms with Gasteiger partial charge in [0.1, 0.15) is 23.1 Å². The molecule has 2 rings (SSSR count). The first-order valence-corrected chi connectivity index (χ1v) is 7.90. The number of hydrogen-bond donors (Lipinski definition) is 1. The molecular weight excluding hydrogens is 349 g/mol. The highest BCUT2D eigenvalue weighted by atomic mass is 79.9. The summed E-state index contributed by atoms with van der Waals surface area (Å²) in [6.45, 7) is 0.154.